The van der Waals surface area contributed by atoms with Gasteiger partial charge in [-0.3, -0.25) is 9.10 Å². The summed E-state index contributed by atoms with van der Waals surface area (Å²) < 4.78 is 34.9. The lowest BCUT2D eigenvalue weighted by atomic mass is 9.83. The highest BCUT2D eigenvalue weighted by atomic mass is 35.5. The molecule has 1 aliphatic heterocycles. The minimum atomic E-state index is -4.01. The van der Waals surface area contributed by atoms with Crippen LogP contribution in [0.3, 0.4) is 0 Å². The number of hydrogen-bond acceptors (Lipinski definition) is 4. The third-order valence-electron chi connectivity index (χ3n) is 6.87. The number of rotatable bonds is 8. The third-order valence-corrected chi connectivity index (χ3v) is 8.88. The van der Waals surface area contributed by atoms with Crippen molar-refractivity contribution in [1.82, 2.24) is 5.32 Å². The Morgan fingerprint density at radius 1 is 1.06 bits per heavy atom. The summed E-state index contributed by atoms with van der Waals surface area (Å²) in [5.41, 5.74) is 1.56. The quantitative estimate of drug-likeness (QED) is 0.388. The van der Waals surface area contributed by atoms with Gasteiger partial charge < -0.3 is 10.1 Å². The number of carbonyl (C=O) groups excluding carboxylic acids is 1. The van der Waals surface area contributed by atoms with E-state index in [1.807, 2.05) is 24.3 Å². The van der Waals surface area contributed by atoms with Gasteiger partial charge in [0.25, 0.3) is 10.0 Å². The molecule has 6 nitrogen and oxygen atoms in total. The predicted octanol–water partition coefficient (Wildman–Crippen LogP) is 6.04. The maximum absolute atomic E-state index is 13.7. The first-order valence-electron chi connectivity index (χ1n) is 12.1. The smallest absolute Gasteiger partial charge is 0.264 e. The normalized spacial score (nSPS) is 16.5. The molecule has 3 aromatic carbocycles. The number of ether oxygens (including phenoxy) is 1. The Bertz CT molecular complexity index is 1340. The van der Waals surface area contributed by atoms with Crippen LogP contribution in [0.5, 0.6) is 5.75 Å². The molecule has 1 amide bonds. The largest absolute Gasteiger partial charge is 0.487 e. The molecule has 0 aromatic heterocycles. The SMILES string of the molecule is CCC1(CC)C[C@H](NC(=O)CN(c2ccc(Cl)cc2C)S(=O)(=O)c2ccccc2)c2ccccc2O1. The number of fused-ring (bicyclic) bond motifs is 1. The van der Waals surface area contributed by atoms with Gasteiger partial charge in [-0.1, -0.05) is 61.8 Å². The number of aryl methyl sites for hydroxylation is 1. The summed E-state index contributed by atoms with van der Waals surface area (Å²) in [6.45, 7) is 5.56. The number of hydrogen-bond donors (Lipinski definition) is 1. The number of nitrogens with zero attached hydrogens (tertiary/aromatic N) is 1. The molecule has 0 bridgehead atoms. The van der Waals surface area contributed by atoms with E-state index in [0.717, 1.165) is 28.5 Å². The number of carbonyl (C=O) groups is 1. The van der Waals surface area contributed by atoms with E-state index in [0.29, 0.717) is 22.7 Å². The van der Waals surface area contributed by atoms with Crippen molar-refractivity contribution in [3.8, 4) is 5.75 Å². The molecule has 36 heavy (non-hydrogen) atoms. The van der Waals surface area contributed by atoms with Gasteiger partial charge in [-0.25, -0.2) is 8.42 Å². The molecule has 0 spiro atoms. The third kappa shape index (κ3) is 5.22. The van der Waals surface area contributed by atoms with Crippen molar-refractivity contribution in [2.24, 2.45) is 0 Å². The number of nitrogens with one attached hydrogen (secondary N) is 1. The van der Waals surface area contributed by atoms with Gasteiger partial charge in [0.15, 0.2) is 0 Å². The summed E-state index contributed by atoms with van der Waals surface area (Å²) in [5.74, 6) is 0.353. The highest BCUT2D eigenvalue weighted by Crippen LogP contribution is 2.42. The molecule has 0 unspecified atom stereocenters. The van der Waals surface area contributed by atoms with Gasteiger partial charge in [0, 0.05) is 17.0 Å². The molecule has 3 aromatic rings. The zero-order valence-corrected chi connectivity index (χ0v) is 22.3. The number of sulfonamides is 1. The minimum absolute atomic E-state index is 0.111. The number of halogens is 1. The molecular weight excluding hydrogens is 496 g/mol. The molecule has 1 N–H and O–H groups in total. The summed E-state index contributed by atoms with van der Waals surface area (Å²) in [7, 11) is -4.01. The van der Waals surface area contributed by atoms with Gasteiger partial charge in [0.1, 0.15) is 17.9 Å². The fourth-order valence-electron chi connectivity index (χ4n) is 4.72. The lowest BCUT2D eigenvalue weighted by Gasteiger charge is -2.41. The van der Waals surface area contributed by atoms with Crippen LogP contribution in [0.1, 0.15) is 50.3 Å². The predicted molar refractivity (Wildman–Crippen MR) is 143 cm³/mol. The summed E-state index contributed by atoms with van der Waals surface area (Å²) in [5, 5.41) is 3.59. The topological polar surface area (TPSA) is 75.7 Å². The van der Waals surface area contributed by atoms with Gasteiger partial charge in [-0.15, -0.1) is 0 Å². The summed E-state index contributed by atoms with van der Waals surface area (Å²) >= 11 is 6.13. The summed E-state index contributed by atoms with van der Waals surface area (Å²) in [6, 6.07) is 20.5. The van der Waals surface area contributed by atoms with Crippen molar-refractivity contribution in [1.29, 1.82) is 0 Å². The van der Waals surface area contributed by atoms with Crippen molar-refractivity contribution in [2.45, 2.75) is 56.6 Å². The van der Waals surface area contributed by atoms with Crippen LogP contribution in [-0.2, 0) is 14.8 Å². The van der Waals surface area contributed by atoms with Gasteiger partial charge in [-0.2, -0.15) is 0 Å². The molecular formula is C28H31ClN2O4S. The molecule has 190 valence electrons. The Hall–Kier alpha value is -3.03. The molecule has 0 aliphatic carbocycles. The van der Waals surface area contributed by atoms with E-state index in [1.54, 1.807) is 43.3 Å². The van der Waals surface area contributed by atoms with Crippen LogP contribution < -0.4 is 14.4 Å². The summed E-state index contributed by atoms with van der Waals surface area (Å²) in [6.07, 6.45) is 2.19. The van der Waals surface area contributed by atoms with E-state index in [-0.39, 0.29) is 17.5 Å². The van der Waals surface area contributed by atoms with Crippen molar-refractivity contribution in [3.63, 3.8) is 0 Å². The van der Waals surface area contributed by atoms with Crippen molar-refractivity contribution < 1.29 is 17.9 Å². The Balaban J connectivity index is 1.67. The molecule has 1 heterocycles. The number of benzene rings is 3. The average Bonchev–Trinajstić information content (AvgIpc) is 2.88. The monoisotopic (exact) mass is 526 g/mol. The van der Waals surface area contributed by atoms with Crippen LogP contribution in [0.25, 0.3) is 0 Å². The van der Waals surface area contributed by atoms with Crippen LogP contribution in [0.2, 0.25) is 5.02 Å². The first-order chi connectivity index (χ1) is 17.2. The number of para-hydroxylation sites is 1. The first kappa shape index (κ1) is 26.0. The molecule has 1 atom stereocenters. The second kappa shape index (κ2) is 10.5. The molecule has 4 rings (SSSR count). The van der Waals surface area contributed by atoms with Gasteiger partial charge in [-0.05, 0) is 61.7 Å². The molecule has 8 heteroatoms. The second-order valence-corrected chi connectivity index (χ2v) is 11.4. The molecule has 1 aliphatic rings. The zero-order chi connectivity index (χ0) is 25.9. The van der Waals surface area contributed by atoms with Crippen LogP contribution in [0.15, 0.2) is 77.7 Å². The van der Waals surface area contributed by atoms with Gasteiger partial charge in [0.05, 0.1) is 16.6 Å². The first-order valence-corrected chi connectivity index (χ1v) is 13.9. The fraction of sp³-hybridized carbons (Fsp3) is 0.321. The lowest BCUT2D eigenvalue weighted by molar-refractivity contribution is -0.121. The lowest BCUT2D eigenvalue weighted by Crippen LogP contribution is -2.47. The van der Waals surface area contributed by atoms with E-state index in [2.05, 4.69) is 19.2 Å². The van der Waals surface area contributed by atoms with Crippen molar-refractivity contribution in [3.05, 3.63) is 88.9 Å². The second-order valence-electron chi connectivity index (χ2n) is 9.11. The van der Waals surface area contributed by atoms with Crippen LogP contribution in [0.4, 0.5) is 5.69 Å². The van der Waals surface area contributed by atoms with E-state index in [9.17, 15) is 13.2 Å². The van der Waals surface area contributed by atoms with Crippen molar-refractivity contribution >= 4 is 33.2 Å². The molecule has 0 saturated heterocycles. The van der Waals surface area contributed by atoms with E-state index in [1.165, 1.54) is 12.1 Å². The standard InChI is InChI=1S/C28H31ClN2O4S/c1-4-28(5-2)18-24(23-13-9-10-14-26(23)35-28)30-27(32)19-31(25-16-15-21(29)17-20(25)3)36(33,34)22-11-7-6-8-12-22/h6-17,24H,4-5,18-19H2,1-3H3,(H,30,32)/t24-/m0/s1. The molecule has 0 radical (unpaired) electrons. The zero-order valence-electron chi connectivity index (χ0n) is 20.7. The maximum atomic E-state index is 13.7. The van der Waals surface area contributed by atoms with E-state index in [4.69, 9.17) is 16.3 Å². The highest BCUT2D eigenvalue weighted by molar-refractivity contribution is 7.92. The Kier molecular flexibility index (Phi) is 7.62. The average molecular weight is 527 g/mol. The van der Waals surface area contributed by atoms with Gasteiger partial charge in [0.2, 0.25) is 5.91 Å². The minimum Gasteiger partial charge on any atom is -0.487 e. The molecule has 0 saturated carbocycles. The highest BCUT2D eigenvalue weighted by Gasteiger charge is 2.39. The Morgan fingerprint density at radius 2 is 1.72 bits per heavy atom. The number of anilines is 1. The summed E-state index contributed by atoms with van der Waals surface area (Å²) in [4.78, 5) is 13.6. The van der Waals surface area contributed by atoms with Crippen LogP contribution in [0, 0.1) is 6.92 Å². The number of amides is 1. The van der Waals surface area contributed by atoms with Crippen LogP contribution in [-0.4, -0.2) is 26.5 Å². The van der Waals surface area contributed by atoms with Crippen LogP contribution >= 0.6 is 11.6 Å². The maximum Gasteiger partial charge on any atom is 0.264 e. The van der Waals surface area contributed by atoms with E-state index < -0.39 is 21.5 Å². The van der Waals surface area contributed by atoms with Gasteiger partial charge >= 0.3 is 0 Å². The molecule has 0 fully saturated rings. The fourth-order valence-corrected chi connectivity index (χ4v) is 6.45. The Labute approximate surface area is 218 Å². The Morgan fingerprint density at radius 3 is 2.39 bits per heavy atom. The van der Waals surface area contributed by atoms with Crippen molar-refractivity contribution in [2.75, 3.05) is 10.8 Å². The van der Waals surface area contributed by atoms with E-state index >= 15 is 0 Å².